The molecule has 2 rings (SSSR count). The number of rotatable bonds is 2. The number of benzene rings is 1. The predicted molar refractivity (Wildman–Crippen MR) is 71.4 cm³/mol. The third-order valence-corrected chi connectivity index (χ3v) is 2.99. The van der Waals surface area contributed by atoms with Gasteiger partial charge in [0.25, 0.3) is 0 Å². The van der Waals surface area contributed by atoms with Crippen molar-refractivity contribution in [3.05, 3.63) is 65.1 Å². The summed E-state index contributed by atoms with van der Waals surface area (Å²) in [5.41, 5.74) is 1.65. The van der Waals surface area contributed by atoms with E-state index in [0.29, 0.717) is 23.5 Å². The molecule has 5 heteroatoms. The van der Waals surface area contributed by atoms with Crippen LogP contribution in [0.2, 0.25) is 0 Å². The van der Waals surface area contributed by atoms with Crippen molar-refractivity contribution in [2.75, 3.05) is 6.54 Å². The summed E-state index contributed by atoms with van der Waals surface area (Å²) >= 11 is 0. The van der Waals surface area contributed by atoms with Gasteiger partial charge in [-0.1, -0.05) is 35.5 Å². The molecule has 0 atom stereocenters. The van der Waals surface area contributed by atoms with Crippen LogP contribution < -0.4 is 0 Å². The van der Waals surface area contributed by atoms with Crippen LogP contribution in [0.5, 0.6) is 0 Å². The van der Waals surface area contributed by atoms with Gasteiger partial charge >= 0.3 is 0 Å². The number of hydrogen-bond donors (Lipinski definition) is 0. The Kier molecular flexibility index (Phi) is 6.01. The van der Waals surface area contributed by atoms with Crippen molar-refractivity contribution < 1.29 is 45.9 Å². The molecule has 0 spiro atoms. The smallest absolute Gasteiger partial charge is 0.192 e. The Morgan fingerprint density at radius 1 is 1.29 bits per heavy atom. The summed E-state index contributed by atoms with van der Waals surface area (Å²) < 4.78 is 39.6. The van der Waals surface area contributed by atoms with E-state index >= 15 is 0 Å². The molecule has 0 fully saturated rings. The molecule has 1 aromatic carbocycles. The molecule has 1 radical (unpaired) electrons. The van der Waals surface area contributed by atoms with Gasteiger partial charge in [0.2, 0.25) is 0 Å². The molecule has 1 aromatic rings. The number of nitrogens with zero attached hydrogens (tertiary/aromatic N) is 1. The van der Waals surface area contributed by atoms with Crippen LogP contribution >= 0.6 is 0 Å². The van der Waals surface area contributed by atoms with Crippen molar-refractivity contribution in [2.45, 2.75) is 6.92 Å². The first-order valence-electron chi connectivity index (χ1n) is 5.91. The van der Waals surface area contributed by atoms with E-state index in [9.17, 15) is 13.2 Å². The van der Waals surface area contributed by atoms with Gasteiger partial charge in [0, 0.05) is 39.3 Å². The van der Waals surface area contributed by atoms with Crippen molar-refractivity contribution >= 4 is 5.70 Å². The zero-order valence-electron chi connectivity index (χ0n) is 11.4. The second-order valence-corrected chi connectivity index (χ2v) is 4.14. The van der Waals surface area contributed by atoms with Crippen LogP contribution in [0.15, 0.2) is 36.1 Å². The molecule has 1 nitrogen and oxygen atoms in total. The normalized spacial score (nSPS) is 14.0. The second kappa shape index (κ2) is 7.11. The Labute approximate surface area is 147 Å². The fourth-order valence-electron chi connectivity index (χ4n) is 1.99. The molecule has 0 N–H and O–H groups in total. The molecular weight excluding hydrogens is 352 g/mol. The maximum Gasteiger partial charge on any atom is 0.192 e. The maximum absolute atomic E-state index is 13.3. The van der Waals surface area contributed by atoms with Gasteiger partial charge < -0.3 is 4.90 Å². The molecule has 0 aliphatic carbocycles. The second-order valence-electron chi connectivity index (χ2n) is 4.14. The Bertz CT molecular complexity index is 660. The van der Waals surface area contributed by atoms with Crippen LogP contribution in [0.4, 0.5) is 13.2 Å². The zero-order chi connectivity index (χ0) is 14.9. The summed E-state index contributed by atoms with van der Waals surface area (Å²) in [5, 5.41) is 0. The van der Waals surface area contributed by atoms with Crippen molar-refractivity contribution in [3.8, 4) is 12.3 Å². The van der Waals surface area contributed by atoms with Crippen LogP contribution in [0.25, 0.3) is 5.70 Å². The molecule has 0 aromatic heterocycles. The third-order valence-electron chi connectivity index (χ3n) is 2.99. The number of likely N-dealkylation sites (N-methyl/N-ethyl adjacent to an activating group) is 1. The fourth-order valence-corrected chi connectivity index (χ4v) is 1.99. The largest absolute Gasteiger partial charge is 0.375 e. The molecule has 1 heterocycles. The number of terminal acetylenes is 1. The van der Waals surface area contributed by atoms with Gasteiger partial charge in [0.1, 0.15) is 0 Å². The van der Waals surface area contributed by atoms with E-state index in [-0.39, 0.29) is 38.3 Å². The molecule has 105 valence electrons. The Balaban J connectivity index is 0.00000220. The molecule has 0 amide bonds. The first-order valence-corrected chi connectivity index (χ1v) is 5.91. The van der Waals surface area contributed by atoms with Crippen molar-refractivity contribution in [1.29, 1.82) is 0 Å². The van der Waals surface area contributed by atoms with E-state index in [4.69, 9.17) is 6.42 Å². The van der Waals surface area contributed by atoms with Gasteiger partial charge in [0.05, 0.1) is 0 Å². The Morgan fingerprint density at radius 3 is 2.33 bits per heavy atom. The third kappa shape index (κ3) is 3.31. The molecular formula is C16H11F3NY-. The minimum atomic E-state index is -1.49. The average molecular weight is 363 g/mol. The van der Waals surface area contributed by atoms with Gasteiger partial charge in [-0.15, -0.1) is 12.3 Å². The molecule has 1 aliphatic rings. The predicted octanol–water partition coefficient (Wildman–Crippen LogP) is 3.65. The van der Waals surface area contributed by atoms with Gasteiger partial charge in [0.15, 0.2) is 17.5 Å². The van der Waals surface area contributed by atoms with E-state index in [2.05, 4.69) is 18.6 Å². The number of halogens is 3. The van der Waals surface area contributed by atoms with Crippen LogP contribution in [0, 0.1) is 35.9 Å². The van der Waals surface area contributed by atoms with Crippen LogP contribution in [0.1, 0.15) is 12.5 Å². The van der Waals surface area contributed by atoms with Crippen molar-refractivity contribution in [1.82, 2.24) is 4.90 Å². The zero-order valence-corrected chi connectivity index (χ0v) is 14.2. The molecule has 0 saturated carbocycles. The SMILES string of the molecule is C#CC1=C[C-]=C(c2cc(F)c(F)c(F)c2)N(CC)C1=C.[Y]. The molecule has 1 aliphatic heterocycles. The standard InChI is InChI=1S/C16H11F3N.Y/c1-4-11-6-7-15(20(5-2)10(11)3)12-8-13(17)16(19)14(18)9-12;/h1,6,8-9H,3,5H2,2H3;/q-1;. The summed E-state index contributed by atoms with van der Waals surface area (Å²) in [6.07, 6.45) is 9.72. The quantitative estimate of drug-likeness (QED) is 0.441. The van der Waals surface area contributed by atoms with Gasteiger partial charge in [-0.2, -0.15) is 12.2 Å². The minimum absolute atomic E-state index is 0. The molecule has 0 saturated heterocycles. The summed E-state index contributed by atoms with van der Waals surface area (Å²) in [6, 6.07) is 1.84. The first-order chi connectivity index (χ1) is 9.49. The number of hydrogen-bond acceptors (Lipinski definition) is 1. The number of allylic oxidation sites excluding steroid dienone is 3. The summed E-state index contributed by atoms with van der Waals surface area (Å²) in [4.78, 5) is 1.67. The van der Waals surface area contributed by atoms with Gasteiger partial charge in [-0.3, -0.25) is 0 Å². The maximum atomic E-state index is 13.3. The van der Waals surface area contributed by atoms with Crippen molar-refractivity contribution in [3.63, 3.8) is 0 Å². The topological polar surface area (TPSA) is 3.24 Å². The van der Waals surface area contributed by atoms with E-state index in [1.54, 1.807) is 4.90 Å². The Morgan fingerprint density at radius 2 is 1.86 bits per heavy atom. The Hall–Kier alpha value is -1.31. The van der Waals surface area contributed by atoms with Gasteiger partial charge in [-0.05, 0) is 12.6 Å². The van der Waals surface area contributed by atoms with E-state index in [1.165, 1.54) is 6.08 Å². The molecule has 0 unspecified atom stereocenters. The van der Waals surface area contributed by atoms with Crippen LogP contribution in [0.3, 0.4) is 0 Å². The van der Waals surface area contributed by atoms with Crippen molar-refractivity contribution in [2.24, 2.45) is 0 Å². The van der Waals surface area contributed by atoms with Crippen LogP contribution in [-0.2, 0) is 32.7 Å². The molecule has 0 bridgehead atoms. The summed E-state index contributed by atoms with van der Waals surface area (Å²) in [5.74, 6) is -1.53. The summed E-state index contributed by atoms with van der Waals surface area (Å²) in [7, 11) is 0. The van der Waals surface area contributed by atoms with Gasteiger partial charge in [-0.25, -0.2) is 13.2 Å². The first kappa shape index (κ1) is 17.7. The molecule has 21 heavy (non-hydrogen) atoms. The summed E-state index contributed by atoms with van der Waals surface area (Å²) in [6.45, 7) is 6.17. The fraction of sp³-hybridized carbons (Fsp3) is 0.125. The van der Waals surface area contributed by atoms with Crippen LogP contribution in [-0.4, -0.2) is 11.4 Å². The van der Waals surface area contributed by atoms with E-state index < -0.39 is 17.5 Å². The monoisotopic (exact) mass is 363 g/mol. The minimum Gasteiger partial charge on any atom is -0.375 e. The average Bonchev–Trinajstić information content (AvgIpc) is 2.43. The van der Waals surface area contributed by atoms with E-state index in [1.807, 2.05) is 6.92 Å². The van der Waals surface area contributed by atoms with E-state index in [0.717, 1.165) is 12.1 Å².